The van der Waals surface area contributed by atoms with Crippen LogP contribution in [0.3, 0.4) is 0 Å². The average Bonchev–Trinajstić information content (AvgIpc) is 3.03. The summed E-state index contributed by atoms with van der Waals surface area (Å²) in [6.45, 7) is 7.52. The summed E-state index contributed by atoms with van der Waals surface area (Å²) >= 11 is 0. The molecule has 2 aromatic heterocycles. The standard InChI is InChI=1S/C16H21N4/c1-4-5-6-19-7-8-20(11-19)16-17-14-9-12(2)13(3)10-15(14)18-16/h7-11H,4-6H2,1-3H3,(H,17,18)/q+1. The number of fused-ring (bicyclic) bond motifs is 1. The molecule has 20 heavy (non-hydrogen) atoms. The van der Waals surface area contributed by atoms with Gasteiger partial charge in [0.05, 0.1) is 17.6 Å². The van der Waals surface area contributed by atoms with Crippen molar-refractivity contribution in [1.82, 2.24) is 14.5 Å². The Bertz CT molecular complexity index is 697. The summed E-state index contributed by atoms with van der Waals surface area (Å²) in [5.41, 5.74) is 4.69. The zero-order valence-electron chi connectivity index (χ0n) is 12.3. The minimum atomic E-state index is 0.875. The van der Waals surface area contributed by atoms with Crippen LogP contribution in [-0.2, 0) is 6.54 Å². The van der Waals surface area contributed by atoms with Gasteiger partial charge in [-0.05, 0) is 43.5 Å². The zero-order valence-corrected chi connectivity index (χ0v) is 12.3. The molecule has 104 valence electrons. The van der Waals surface area contributed by atoms with E-state index in [1.807, 2.05) is 10.8 Å². The summed E-state index contributed by atoms with van der Waals surface area (Å²) in [5.74, 6) is 0.875. The predicted molar refractivity (Wildman–Crippen MR) is 80.0 cm³/mol. The van der Waals surface area contributed by atoms with Gasteiger partial charge < -0.3 is 4.98 Å². The Morgan fingerprint density at radius 2 is 2.05 bits per heavy atom. The summed E-state index contributed by atoms with van der Waals surface area (Å²) < 4.78 is 4.24. The highest BCUT2D eigenvalue weighted by Crippen LogP contribution is 2.18. The van der Waals surface area contributed by atoms with E-state index in [4.69, 9.17) is 0 Å². The summed E-state index contributed by atoms with van der Waals surface area (Å²) in [7, 11) is 0. The van der Waals surface area contributed by atoms with Gasteiger partial charge in [-0.25, -0.2) is 4.57 Å². The number of aromatic nitrogens is 4. The Hall–Kier alpha value is -2.10. The summed E-state index contributed by atoms with van der Waals surface area (Å²) in [6.07, 6.45) is 8.65. The SMILES string of the molecule is CCCC[n+]1ccn(-c2nc3cc(C)c(C)cc3[nH]2)c1. The van der Waals surface area contributed by atoms with E-state index in [1.165, 1.54) is 24.0 Å². The van der Waals surface area contributed by atoms with E-state index in [1.54, 1.807) is 0 Å². The van der Waals surface area contributed by atoms with Crippen molar-refractivity contribution < 1.29 is 4.57 Å². The number of nitrogens with zero attached hydrogens (tertiary/aromatic N) is 3. The molecule has 3 aromatic rings. The lowest BCUT2D eigenvalue weighted by atomic mass is 10.1. The molecule has 0 aliphatic carbocycles. The lowest BCUT2D eigenvalue weighted by molar-refractivity contribution is -0.696. The van der Waals surface area contributed by atoms with Crippen molar-refractivity contribution in [3.05, 3.63) is 42.0 Å². The highest BCUT2D eigenvalue weighted by atomic mass is 15.2. The van der Waals surface area contributed by atoms with Crippen molar-refractivity contribution in [2.45, 2.75) is 40.2 Å². The molecule has 4 nitrogen and oxygen atoms in total. The maximum absolute atomic E-state index is 4.67. The van der Waals surface area contributed by atoms with Crippen LogP contribution in [-0.4, -0.2) is 14.5 Å². The van der Waals surface area contributed by atoms with Crippen molar-refractivity contribution in [3.8, 4) is 5.95 Å². The number of unbranched alkanes of at least 4 members (excludes halogenated alkanes) is 1. The Kier molecular flexibility index (Phi) is 3.30. The van der Waals surface area contributed by atoms with Gasteiger partial charge in [0.1, 0.15) is 12.4 Å². The van der Waals surface area contributed by atoms with Crippen LogP contribution < -0.4 is 4.57 Å². The Morgan fingerprint density at radius 1 is 1.25 bits per heavy atom. The molecule has 0 unspecified atom stereocenters. The third-order valence-corrected chi connectivity index (χ3v) is 3.79. The van der Waals surface area contributed by atoms with Crippen LogP contribution in [0.2, 0.25) is 0 Å². The highest BCUT2D eigenvalue weighted by Gasteiger charge is 2.12. The number of aromatic amines is 1. The smallest absolute Gasteiger partial charge is 0.303 e. The molecule has 0 bridgehead atoms. The van der Waals surface area contributed by atoms with Gasteiger partial charge in [0.2, 0.25) is 0 Å². The fraction of sp³-hybridized carbons (Fsp3) is 0.375. The van der Waals surface area contributed by atoms with Gasteiger partial charge in [-0.15, -0.1) is 0 Å². The van der Waals surface area contributed by atoms with E-state index in [0.29, 0.717) is 0 Å². The van der Waals surface area contributed by atoms with Crippen molar-refractivity contribution >= 4 is 11.0 Å². The summed E-state index contributed by atoms with van der Waals surface area (Å²) in [4.78, 5) is 8.06. The molecule has 0 spiro atoms. The maximum Gasteiger partial charge on any atom is 0.304 e. The van der Waals surface area contributed by atoms with Gasteiger partial charge in [0, 0.05) is 0 Å². The molecule has 0 saturated carbocycles. The van der Waals surface area contributed by atoms with E-state index in [9.17, 15) is 0 Å². The minimum absolute atomic E-state index is 0.875. The van der Waals surface area contributed by atoms with Crippen LogP contribution >= 0.6 is 0 Å². The number of nitrogens with one attached hydrogen (secondary N) is 1. The van der Waals surface area contributed by atoms with E-state index in [2.05, 4.69) is 60.0 Å². The normalized spacial score (nSPS) is 11.3. The first-order chi connectivity index (χ1) is 9.67. The van der Waals surface area contributed by atoms with Crippen LogP contribution in [0.15, 0.2) is 30.9 Å². The molecule has 0 atom stereocenters. The van der Waals surface area contributed by atoms with Gasteiger partial charge in [0.15, 0.2) is 0 Å². The van der Waals surface area contributed by atoms with Gasteiger partial charge in [-0.3, -0.25) is 0 Å². The monoisotopic (exact) mass is 269 g/mol. The van der Waals surface area contributed by atoms with Crippen molar-refractivity contribution in [1.29, 1.82) is 0 Å². The number of rotatable bonds is 4. The number of benzene rings is 1. The Balaban J connectivity index is 1.95. The van der Waals surface area contributed by atoms with Crippen molar-refractivity contribution in [3.63, 3.8) is 0 Å². The zero-order chi connectivity index (χ0) is 14.1. The van der Waals surface area contributed by atoms with Gasteiger partial charge in [-0.1, -0.05) is 13.3 Å². The molecular formula is C16H21N4+. The number of imidazole rings is 2. The molecule has 0 amide bonds. The Morgan fingerprint density at radius 3 is 2.85 bits per heavy atom. The third kappa shape index (κ3) is 2.33. The van der Waals surface area contributed by atoms with E-state index >= 15 is 0 Å². The first-order valence-electron chi connectivity index (χ1n) is 7.21. The van der Waals surface area contributed by atoms with Crippen LogP contribution in [0.1, 0.15) is 30.9 Å². The van der Waals surface area contributed by atoms with Crippen LogP contribution in [0.25, 0.3) is 17.0 Å². The third-order valence-electron chi connectivity index (χ3n) is 3.79. The number of aryl methyl sites for hydroxylation is 3. The molecule has 3 rings (SSSR count). The second kappa shape index (κ2) is 5.12. The molecule has 2 heterocycles. The van der Waals surface area contributed by atoms with Gasteiger partial charge in [0.25, 0.3) is 6.33 Å². The first-order valence-corrected chi connectivity index (χ1v) is 7.21. The summed E-state index contributed by atoms with van der Waals surface area (Å²) in [6, 6.07) is 4.30. The lowest BCUT2D eigenvalue weighted by Crippen LogP contribution is -2.30. The van der Waals surface area contributed by atoms with Crippen molar-refractivity contribution in [2.24, 2.45) is 0 Å². The number of hydrogen-bond acceptors (Lipinski definition) is 1. The Labute approximate surface area is 119 Å². The predicted octanol–water partition coefficient (Wildman–Crippen LogP) is 3.06. The van der Waals surface area contributed by atoms with Gasteiger partial charge in [-0.2, -0.15) is 9.55 Å². The highest BCUT2D eigenvalue weighted by molar-refractivity contribution is 5.78. The minimum Gasteiger partial charge on any atom is -0.303 e. The van der Waals surface area contributed by atoms with E-state index < -0.39 is 0 Å². The molecule has 1 aromatic carbocycles. The second-order valence-electron chi connectivity index (χ2n) is 5.43. The first kappa shape index (κ1) is 12.9. The van der Waals surface area contributed by atoms with Crippen LogP contribution in [0.4, 0.5) is 0 Å². The molecule has 0 fully saturated rings. The number of H-pyrrole nitrogens is 1. The molecule has 0 aliphatic heterocycles. The maximum atomic E-state index is 4.67. The summed E-state index contributed by atoms with van der Waals surface area (Å²) in [5, 5.41) is 0. The van der Waals surface area contributed by atoms with E-state index in [-0.39, 0.29) is 0 Å². The molecule has 0 aliphatic rings. The quantitative estimate of drug-likeness (QED) is 0.726. The van der Waals surface area contributed by atoms with Crippen LogP contribution in [0.5, 0.6) is 0 Å². The molecule has 0 saturated heterocycles. The largest absolute Gasteiger partial charge is 0.304 e. The fourth-order valence-corrected chi connectivity index (χ4v) is 2.37. The topological polar surface area (TPSA) is 37.5 Å². The fourth-order valence-electron chi connectivity index (χ4n) is 2.37. The lowest BCUT2D eigenvalue weighted by Gasteiger charge is -1.96. The van der Waals surface area contributed by atoms with E-state index in [0.717, 1.165) is 23.5 Å². The molecule has 4 heteroatoms. The molecular weight excluding hydrogens is 248 g/mol. The molecule has 1 N–H and O–H groups in total. The average molecular weight is 269 g/mol. The van der Waals surface area contributed by atoms with Crippen molar-refractivity contribution in [2.75, 3.05) is 0 Å². The van der Waals surface area contributed by atoms with Gasteiger partial charge >= 0.3 is 5.95 Å². The number of hydrogen-bond donors (Lipinski definition) is 1. The molecule has 0 radical (unpaired) electrons. The van der Waals surface area contributed by atoms with Crippen LogP contribution in [0, 0.1) is 13.8 Å². The second-order valence-corrected chi connectivity index (χ2v) is 5.43.